The maximum atomic E-state index is 5.12. The van der Waals surface area contributed by atoms with E-state index in [0.29, 0.717) is 0 Å². The van der Waals surface area contributed by atoms with E-state index in [-0.39, 0.29) is 5.60 Å². The molecule has 0 aromatic carbocycles. The first kappa shape index (κ1) is 10.2. The predicted octanol–water partition coefficient (Wildman–Crippen LogP) is 2.30. The van der Waals surface area contributed by atoms with Crippen molar-refractivity contribution in [3.05, 3.63) is 0 Å². The molecule has 0 spiro atoms. The fourth-order valence-corrected chi connectivity index (χ4v) is 1.11. The van der Waals surface area contributed by atoms with Crippen LogP contribution in [-0.4, -0.2) is 16.1 Å². The molecule has 0 heterocycles. The Labute approximate surface area is 67.7 Å². The molecule has 0 aromatic heterocycles. The van der Waals surface area contributed by atoms with E-state index in [4.69, 9.17) is 4.43 Å². The Bertz CT molecular complexity index is 91.3. The van der Waals surface area contributed by atoms with Gasteiger partial charge in [0.1, 0.15) is 0 Å². The summed E-state index contributed by atoms with van der Waals surface area (Å²) in [7, 11) is 3.07. The van der Waals surface area contributed by atoms with Crippen molar-refractivity contribution >= 4 is 10.5 Å². The molecule has 2 heteroatoms. The summed E-state index contributed by atoms with van der Waals surface area (Å²) in [6, 6.07) is 0. The lowest BCUT2D eigenvalue weighted by Gasteiger charge is -2.26. The van der Waals surface area contributed by atoms with Gasteiger partial charge in [0, 0.05) is 0 Å². The van der Waals surface area contributed by atoms with E-state index in [1.165, 1.54) is 6.42 Å². The molecule has 0 aliphatic heterocycles. The predicted molar refractivity (Wildman–Crippen MR) is 45.0 cm³/mol. The monoisotopic (exact) mass is 157 g/mol. The van der Waals surface area contributed by atoms with Gasteiger partial charge in [-0.1, -0.05) is 20.3 Å². The summed E-state index contributed by atoms with van der Waals surface area (Å²) in [6.45, 7) is 8.62. The van der Waals surface area contributed by atoms with Gasteiger partial charge in [-0.25, -0.2) is 0 Å². The van der Waals surface area contributed by atoms with Gasteiger partial charge in [0.25, 0.3) is 0 Å². The van der Waals surface area contributed by atoms with Crippen LogP contribution >= 0.6 is 0 Å². The Hall–Kier alpha value is 0.177. The lowest BCUT2D eigenvalue weighted by Crippen LogP contribution is -2.25. The third kappa shape index (κ3) is 4.07. The molecule has 0 aliphatic rings. The quantitative estimate of drug-likeness (QED) is 0.569. The minimum Gasteiger partial charge on any atom is -0.414 e. The van der Waals surface area contributed by atoms with Crippen LogP contribution < -0.4 is 0 Å². The van der Waals surface area contributed by atoms with Gasteiger partial charge in [-0.15, -0.1) is 0 Å². The van der Waals surface area contributed by atoms with E-state index in [1.807, 2.05) is 0 Å². The third-order valence-corrected chi connectivity index (χ3v) is 2.37. The van der Waals surface area contributed by atoms with Crippen LogP contribution in [0.2, 0.25) is 0 Å². The van der Waals surface area contributed by atoms with Gasteiger partial charge in [0.15, 0.2) is 0 Å². The highest BCUT2D eigenvalue weighted by atomic mass is 28.2. The molecule has 0 aliphatic carbocycles. The van der Waals surface area contributed by atoms with Crippen molar-refractivity contribution in [2.45, 2.75) is 46.1 Å². The number of hydrogen-bond donors (Lipinski definition) is 0. The minimum absolute atomic E-state index is 0.0215. The SMILES string of the molecule is CCC(C)CC(C)(C)O[Si]. The molecule has 0 amide bonds. The summed E-state index contributed by atoms with van der Waals surface area (Å²) in [4.78, 5) is 0. The Morgan fingerprint density at radius 2 is 2.00 bits per heavy atom. The van der Waals surface area contributed by atoms with Crippen molar-refractivity contribution in [1.82, 2.24) is 0 Å². The fraction of sp³-hybridized carbons (Fsp3) is 1.00. The Morgan fingerprint density at radius 1 is 1.50 bits per heavy atom. The molecule has 59 valence electrons. The van der Waals surface area contributed by atoms with Crippen molar-refractivity contribution < 1.29 is 4.43 Å². The highest BCUT2D eigenvalue weighted by molar-refractivity contribution is 5.98. The van der Waals surface area contributed by atoms with Gasteiger partial charge in [-0.05, 0) is 26.2 Å². The lowest BCUT2D eigenvalue weighted by atomic mass is 9.93. The summed E-state index contributed by atoms with van der Waals surface area (Å²) >= 11 is 0. The Kier molecular flexibility index (Phi) is 4.21. The molecule has 3 radical (unpaired) electrons. The molecule has 10 heavy (non-hydrogen) atoms. The maximum Gasteiger partial charge on any atom is 0.246 e. The van der Waals surface area contributed by atoms with E-state index in [0.717, 1.165) is 12.3 Å². The summed E-state index contributed by atoms with van der Waals surface area (Å²) < 4.78 is 5.12. The summed E-state index contributed by atoms with van der Waals surface area (Å²) in [6.07, 6.45) is 2.33. The van der Waals surface area contributed by atoms with Crippen molar-refractivity contribution in [2.24, 2.45) is 5.92 Å². The largest absolute Gasteiger partial charge is 0.414 e. The first-order valence-electron chi connectivity index (χ1n) is 3.86. The molecule has 1 nitrogen and oxygen atoms in total. The van der Waals surface area contributed by atoms with Gasteiger partial charge in [0.05, 0.1) is 5.60 Å². The molecule has 0 saturated carbocycles. The van der Waals surface area contributed by atoms with Crippen LogP contribution in [0.25, 0.3) is 0 Å². The van der Waals surface area contributed by atoms with Gasteiger partial charge in [-0.3, -0.25) is 0 Å². The first-order valence-corrected chi connectivity index (χ1v) is 4.27. The van der Waals surface area contributed by atoms with Crippen molar-refractivity contribution in [3.8, 4) is 0 Å². The second kappa shape index (κ2) is 4.14. The summed E-state index contributed by atoms with van der Waals surface area (Å²) in [5.74, 6) is 0.742. The van der Waals surface area contributed by atoms with Crippen LogP contribution in [-0.2, 0) is 4.43 Å². The van der Waals surface area contributed by atoms with Crippen LogP contribution in [0.3, 0.4) is 0 Å². The van der Waals surface area contributed by atoms with Gasteiger partial charge in [0.2, 0.25) is 10.5 Å². The van der Waals surface area contributed by atoms with Crippen molar-refractivity contribution in [1.29, 1.82) is 0 Å². The van der Waals surface area contributed by atoms with Gasteiger partial charge >= 0.3 is 0 Å². The normalized spacial score (nSPS) is 15.3. The zero-order valence-corrected chi connectivity index (χ0v) is 8.40. The molecular formula is C8H17OSi. The molecule has 0 fully saturated rings. The van der Waals surface area contributed by atoms with Crippen molar-refractivity contribution in [3.63, 3.8) is 0 Å². The average Bonchev–Trinajstić information content (AvgIpc) is 1.87. The number of hydrogen-bond acceptors (Lipinski definition) is 1. The second-order valence-electron chi connectivity index (χ2n) is 3.58. The van der Waals surface area contributed by atoms with Crippen LogP contribution in [0, 0.1) is 5.92 Å². The summed E-state index contributed by atoms with van der Waals surface area (Å²) in [5, 5.41) is 0. The van der Waals surface area contributed by atoms with Crippen molar-refractivity contribution in [2.75, 3.05) is 0 Å². The molecule has 1 unspecified atom stereocenters. The van der Waals surface area contributed by atoms with Gasteiger partial charge in [-0.2, -0.15) is 0 Å². The smallest absolute Gasteiger partial charge is 0.246 e. The molecule has 1 atom stereocenters. The minimum atomic E-state index is -0.0215. The van der Waals surface area contributed by atoms with E-state index >= 15 is 0 Å². The first-order chi connectivity index (χ1) is 4.52. The van der Waals surface area contributed by atoms with E-state index < -0.39 is 0 Å². The van der Waals surface area contributed by atoms with Crippen LogP contribution in [0.15, 0.2) is 0 Å². The van der Waals surface area contributed by atoms with Gasteiger partial charge < -0.3 is 4.43 Å². The van der Waals surface area contributed by atoms with Crippen LogP contribution in [0.5, 0.6) is 0 Å². The zero-order chi connectivity index (χ0) is 8.20. The summed E-state index contributed by atoms with van der Waals surface area (Å²) in [5.41, 5.74) is -0.0215. The van der Waals surface area contributed by atoms with E-state index in [2.05, 4.69) is 38.2 Å². The van der Waals surface area contributed by atoms with Crippen LogP contribution in [0.4, 0.5) is 0 Å². The van der Waals surface area contributed by atoms with E-state index in [1.54, 1.807) is 0 Å². The lowest BCUT2D eigenvalue weighted by molar-refractivity contribution is 0.0933. The topological polar surface area (TPSA) is 9.23 Å². The molecule has 0 aromatic rings. The molecule has 0 N–H and O–H groups in total. The maximum absolute atomic E-state index is 5.12. The second-order valence-corrected chi connectivity index (χ2v) is 3.78. The zero-order valence-electron chi connectivity index (χ0n) is 7.40. The molecular weight excluding hydrogens is 140 g/mol. The number of rotatable bonds is 4. The van der Waals surface area contributed by atoms with Crippen LogP contribution in [0.1, 0.15) is 40.5 Å². The fourth-order valence-electron chi connectivity index (χ4n) is 1.03. The standard InChI is InChI=1S/C8H17OSi/c1-5-7(2)6-8(3,4)9-10/h7H,5-6H2,1-4H3. The highest BCUT2D eigenvalue weighted by Crippen LogP contribution is 2.20. The Balaban J connectivity index is 3.64. The highest BCUT2D eigenvalue weighted by Gasteiger charge is 2.18. The average molecular weight is 157 g/mol. The van der Waals surface area contributed by atoms with E-state index in [9.17, 15) is 0 Å². The molecule has 0 bridgehead atoms. The Morgan fingerprint density at radius 3 is 2.30 bits per heavy atom. The third-order valence-electron chi connectivity index (χ3n) is 1.81. The molecule has 0 rings (SSSR count). The molecule has 0 saturated heterocycles.